The molecular weight excluding hydrogens is 1380 g/mol. The molecule has 0 saturated heterocycles. The highest BCUT2D eigenvalue weighted by molar-refractivity contribution is 6.32. The van der Waals surface area contributed by atoms with Crippen LogP contribution in [0.25, 0.3) is 11.0 Å². The molecule has 22 nitrogen and oxygen atoms in total. The molecule has 3 saturated carbocycles. The third kappa shape index (κ3) is 16.2. The van der Waals surface area contributed by atoms with Crippen LogP contribution in [0.2, 0.25) is 15.1 Å². The lowest BCUT2D eigenvalue weighted by Gasteiger charge is -2.41. The van der Waals surface area contributed by atoms with Gasteiger partial charge in [-0.2, -0.15) is 9.83 Å². The van der Waals surface area contributed by atoms with Crippen LogP contribution in [-0.2, 0) is 32.6 Å². The summed E-state index contributed by atoms with van der Waals surface area (Å²) in [5.74, 6) is -0.999. The number of fused-ring (bicyclic) bond motifs is 2. The molecule has 0 spiro atoms. The molecule has 0 atom stereocenters. The van der Waals surface area contributed by atoms with E-state index in [4.69, 9.17) is 39.3 Å². The average Bonchev–Trinajstić information content (AvgIpc) is 1.63. The van der Waals surface area contributed by atoms with Crippen LogP contribution in [0.1, 0.15) is 190 Å². The number of aromatic amines is 1. The zero-order valence-corrected chi connectivity index (χ0v) is 64.8. The van der Waals surface area contributed by atoms with Crippen molar-refractivity contribution in [2.24, 2.45) is 0 Å². The summed E-state index contributed by atoms with van der Waals surface area (Å²) in [5.41, 5.74) is 11.6. The van der Waals surface area contributed by atoms with Crippen LogP contribution >= 0.6 is 34.8 Å². The summed E-state index contributed by atoms with van der Waals surface area (Å²) < 4.78 is 9.51. The molecule has 3 fully saturated rings. The van der Waals surface area contributed by atoms with E-state index < -0.39 is 0 Å². The van der Waals surface area contributed by atoms with Gasteiger partial charge in [0.15, 0.2) is 5.43 Å². The van der Waals surface area contributed by atoms with Gasteiger partial charge in [-0.25, -0.2) is 9.73 Å². The quantitative estimate of drug-likeness (QED) is 0.0317. The number of rotatable bonds is 26. The molecule has 25 heteroatoms. The van der Waals surface area contributed by atoms with Gasteiger partial charge < -0.3 is 50.2 Å². The van der Waals surface area contributed by atoms with Crippen molar-refractivity contribution < 1.29 is 24.1 Å². The molecule has 0 aliphatic heterocycles. The minimum absolute atomic E-state index is 0.0306. The number of aromatic nitrogens is 5. The summed E-state index contributed by atoms with van der Waals surface area (Å²) >= 11 is 20.5. The van der Waals surface area contributed by atoms with E-state index in [1.165, 1.54) is 21.4 Å². The van der Waals surface area contributed by atoms with Crippen molar-refractivity contribution in [3.05, 3.63) is 191 Å². The molecular formula is C79H103Cl3N14O8. The number of carbonyl (C=O) groups is 3. The van der Waals surface area contributed by atoms with Crippen LogP contribution in [-0.4, -0.2) is 152 Å². The molecule has 11 rings (SSSR count). The van der Waals surface area contributed by atoms with Gasteiger partial charge in [0.05, 0.1) is 28.6 Å². The van der Waals surface area contributed by atoms with Crippen LogP contribution in [0.15, 0.2) is 86.0 Å². The monoisotopic (exact) mass is 1480 g/mol. The van der Waals surface area contributed by atoms with E-state index in [1.807, 2.05) is 58.0 Å². The number of hydrogen-bond acceptors (Lipinski definition) is 15. The van der Waals surface area contributed by atoms with E-state index in [0.29, 0.717) is 116 Å². The van der Waals surface area contributed by atoms with E-state index in [9.17, 15) is 34.0 Å². The fourth-order valence-electron chi connectivity index (χ4n) is 17.0. The van der Waals surface area contributed by atoms with Gasteiger partial charge in [-0.3, -0.25) is 33.7 Å². The topological polar surface area (TPSA) is 234 Å². The highest BCUT2D eigenvalue weighted by Crippen LogP contribution is 2.39. The second-order valence-corrected chi connectivity index (χ2v) is 30.6. The standard InChI is InChI=1S/C79H103Cl3N14O8/c1-14-91(59-23-17-56(18-24-59)88(10)11)71-38-55(82)37-65(50(71)8)77(100)85-44-68-52(34-62-41-86-87-94(62)78(68)101)29-31-89(12)57-19-25-60(26-20-57)92(15-2)72-39-53(80)35-63(48(72)6)75(98)83-42-66-47(5)69(70-30-32-104-96(70)79(66)102)45-90(13)58-21-27-61(28-22-58)93(16-3)73-40-54(81)36-64(49(73)7)76(99)84-43-67-51(9)95(103)46(4)33-74(67)97/h30,32-41,56-61,87,103H,14-29,31,42-45H2,1-13H3,(H,83,98)(H,84,99)(H,85,100). The first-order valence-corrected chi connectivity index (χ1v) is 38.1. The Morgan fingerprint density at radius 1 is 0.548 bits per heavy atom. The van der Waals surface area contributed by atoms with Gasteiger partial charge in [0.1, 0.15) is 6.26 Å². The maximum Gasteiger partial charge on any atom is 0.289 e. The van der Waals surface area contributed by atoms with Gasteiger partial charge in [0.2, 0.25) is 0 Å². The zero-order valence-electron chi connectivity index (χ0n) is 62.6. The largest absolute Gasteiger partial charge is 0.428 e. The summed E-state index contributed by atoms with van der Waals surface area (Å²) in [4.78, 5) is 97.9. The second-order valence-electron chi connectivity index (χ2n) is 29.3. The highest BCUT2D eigenvalue weighted by Gasteiger charge is 2.34. The summed E-state index contributed by atoms with van der Waals surface area (Å²) in [6, 6.07) is 17.9. The van der Waals surface area contributed by atoms with Crippen molar-refractivity contribution in [3.63, 3.8) is 0 Å². The number of hydrogen-bond donors (Lipinski definition) is 5. The molecule has 0 unspecified atom stereocenters. The number of H-pyrrole nitrogens is 1. The number of anilines is 3. The first-order chi connectivity index (χ1) is 49.7. The van der Waals surface area contributed by atoms with Gasteiger partial charge in [-0.15, -0.1) is 4.57 Å². The van der Waals surface area contributed by atoms with Gasteiger partial charge in [0.25, 0.3) is 28.8 Å². The second kappa shape index (κ2) is 33.1. The molecule has 8 aromatic rings. The molecule has 3 aliphatic carbocycles. The Bertz CT molecular complexity index is 4670. The number of pyridine rings is 3. The highest BCUT2D eigenvalue weighted by atomic mass is 35.5. The van der Waals surface area contributed by atoms with Crippen molar-refractivity contribution in [2.75, 3.05) is 69.1 Å². The molecule has 5 heterocycles. The number of carbonyl (C=O) groups excluding carboxylic acids is 3. The molecule has 3 aromatic carbocycles. The van der Waals surface area contributed by atoms with Crippen LogP contribution < -0.4 is 47.2 Å². The molecule has 0 bridgehead atoms. The number of nitrogens with zero attached hydrogens (tertiary/aromatic N) is 10. The van der Waals surface area contributed by atoms with Crippen molar-refractivity contribution >= 4 is 80.6 Å². The Balaban J connectivity index is 0.699. The van der Waals surface area contributed by atoms with Crippen molar-refractivity contribution in [3.8, 4) is 0 Å². The van der Waals surface area contributed by atoms with E-state index >= 15 is 0 Å². The Morgan fingerprint density at radius 3 is 1.44 bits per heavy atom. The third-order valence-electron chi connectivity index (χ3n) is 23.2. The molecule has 3 amide bonds. The first-order valence-electron chi connectivity index (χ1n) is 36.9. The van der Waals surface area contributed by atoms with Gasteiger partial charge >= 0.3 is 0 Å². The SMILES string of the molecule is CCN(c1cc(Cl)cc(C(=O)NCc2c(C)n(O)c(C)cc2=O)c1C)C1CCC(N(C)Cc2c(C)c(CNC(=O)c3cc(Cl)cc(N(CC)C4CCC(N(C)CCc5cc6cn[nH]n6c(=O)c5CNC(=O)c5cc(Cl)cc(N(CC)C6CCC(N(C)C)CC6)c5C)CC4)c3C)c(=O)n3occc23)CC1. The smallest absolute Gasteiger partial charge is 0.289 e. The number of aryl methyl sites for hydroxylation is 1. The summed E-state index contributed by atoms with van der Waals surface area (Å²) in [6.07, 6.45) is 15.4. The lowest BCUT2D eigenvalue weighted by molar-refractivity contribution is 0.0941. The maximum atomic E-state index is 14.5. The number of amides is 3. The van der Waals surface area contributed by atoms with E-state index in [2.05, 4.69) is 105 Å². The number of nitrogens with one attached hydrogen (secondary N) is 4. The Labute approximate surface area is 624 Å². The Hall–Kier alpha value is -8.12. The third-order valence-corrected chi connectivity index (χ3v) is 23.9. The molecule has 0 radical (unpaired) electrons. The van der Waals surface area contributed by atoms with E-state index in [0.717, 1.165) is 139 Å². The normalized spacial score (nSPS) is 18.6. The van der Waals surface area contributed by atoms with Gasteiger partial charge in [0, 0.05) is 166 Å². The van der Waals surface area contributed by atoms with E-state index in [1.54, 1.807) is 38.2 Å². The number of benzene rings is 3. The zero-order chi connectivity index (χ0) is 74.7. The first kappa shape index (κ1) is 77.0. The minimum Gasteiger partial charge on any atom is -0.428 e. The maximum absolute atomic E-state index is 14.5. The van der Waals surface area contributed by atoms with E-state index in [-0.39, 0.29) is 78.1 Å². The van der Waals surface area contributed by atoms with Crippen molar-refractivity contribution in [1.29, 1.82) is 0 Å². The Kier molecular flexibility index (Phi) is 24.5. The fraction of sp³-hybridized carbons (Fsp3) is 0.506. The summed E-state index contributed by atoms with van der Waals surface area (Å²) in [6.45, 7) is 20.8. The molecule has 5 aromatic heterocycles. The van der Waals surface area contributed by atoms with Crippen LogP contribution in [0.5, 0.6) is 0 Å². The Morgan fingerprint density at radius 2 is 0.981 bits per heavy atom. The number of halogens is 3. The fourth-order valence-corrected chi connectivity index (χ4v) is 17.6. The van der Waals surface area contributed by atoms with Crippen LogP contribution in [0, 0.1) is 41.5 Å². The molecule has 5 N–H and O–H groups in total. The predicted octanol–water partition coefficient (Wildman–Crippen LogP) is 12.5. The average molecular weight is 1480 g/mol. The summed E-state index contributed by atoms with van der Waals surface area (Å²) in [7, 11) is 8.56. The lowest BCUT2D eigenvalue weighted by atomic mass is 9.88. The van der Waals surface area contributed by atoms with Gasteiger partial charge in [-0.05, 0) is 250 Å². The minimum atomic E-state index is -0.368. The number of likely N-dealkylation sites (N-methyl/N-ethyl adjacent to an activating group) is 1. The lowest BCUT2D eigenvalue weighted by Crippen LogP contribution is -2.44. The molecule has 3 aliphatic rings. The predicted molar refractivity (Wildman–Crippen MR) is 415 cm³/mol. The van der Waals surface area contributed by atoms with Gasteiger partial charge in [-0.1, -0.05) is 34.8 Å². The van der Waals surface area contributed by atoms with Crippen LogP contribution in [0.3, 0.4) is 0 Å². The van der Waals surface area contributed by atoms with Crippen molar-refractivity contribution in [1.82, 2.24) is 54.8 Å². The van der Waals surface area contributed by atoms with Crippen LogP contribution in [0.4, 0.5) is 17.1 Å². The van der Waals surface area contributed by atoms with Crippen molar-refractivity contribution in [2.45, 2.75) is 208 Å². The molecule has 104 heavy (non-hydrogen) atoms. The summed E-state index contributed by atoms with van der Waals surface area (Å²) in [5, 5.41) is 27.9. The molecule has 558 valence electrons.